The van der Waals surface area contributed by atoms with Crippen LogP contribution in [0.2, 0.25) is 0 Å². The van der Waals surface area contributed by atoms with Crippen LogP contribution < -0.4 is 5.32 Å². The number of hydrogen-bond acceptors (Lipinski definition) is 3. The van der Waals surface area contributed by atoms with Gasteiger partial charge in [-0.3, -0.25) is 4.79 Å². The van der Waals surface area contributed by atoms with E-state index >= 15 is 0 Å². The highest BCUT2D eigenvalue weighted by atomic mass is 16.5. The van der Waals surface area contributed by atoms with E-state index in [1.54, 1.807) is 6.33 Å². The quantitative estimate of drug-likeness (QED) is 0.762. The molecule has 0 aliphatic heterocycles. The first-order valence-corrected chi connectivity index (χ1v) is 8.61. The maximum Gasteiger partial charge on any atom is 0.221 e. The van der Waals surface area contributed by atoms with Gasteiger partial charge in [-0.1, -0.05) is 25.0 Å². The molecule has 1 aliphatic rings. The van der Waals surface area contributed by atoms with Gasteiger partial charge in [-0.05, 0) is 31.4 Å². The summed E-state index contributed by atoms with van der Waals surface area (Å²) < 4.78 is 7.81. The van der Waals surface area contributed by atoms with Crippen molar-refractivity contribution in [1.82, 2.24) is 14.9 Å². The van der Waals surface area contributed by atoms with Crippen molar-refractivity contribution in [2.24, 2.45) is 0 Å². The molecule has 0 saturated heterocycles. The number of nitrogens with zero attached hydrogens (tertiary/aromatic N) is 2. The van der Waals surface area contributed by atoms with Crippen molar-refractivity contribution in [2.45, 2.75) is 51.2 Å². The Morgan fingerprint density at radius 2 is 2.13 bits per heavy atom. The number of rotatable bonds is 8. The highest BCUT2D eigenvalue weighted by Gasteiger charge is 2.14. The summed E-state index contributed by atoms with van der Waals surface area (Å²) in [6.07, 6.45) is 8.61. The number of hydrogen-bond donors (Lipinski definition) is 1. The zero-order valence-electron chi connectivity index (χ0n) is 13.5. The number of amides is 1. The maximum atomic E-state index is 11.9. The normalized spacial score (nSPS) is 15.3. The molecule has 0 radical (unpaired) electrons. The van der Waals surface area contributed by atoms with Gasteiger partial charge < -0.3 is 14.6 Å². The first-order chi connectivity index (χ1) is 11.3. The van der Waals surface area contributed by atoms with Crippen molar-refractivity contribution in [3.8, 4) is 0 Å². The smallest absolute Gasteiger partial charge is 0.221 e. The van der Waals surface area contributed by atoms with Crippen LogP contribution in [0.5, 0.6) is 0 Å². The molecule has 23 heavy (non-hydrogen) atoms. The summed E-state index contributed by atoms with van der Waals surface area (Å²) in [5.74, 6) is 0.0867. The molecule has 1 N–H and O–H groups in total. The minimum atomic E-state index is 0.0867. The third-order valence-corrected chi connectivity index (χ3v) is 4.41. The molecule has 1 aliphatic carbocycles. The Bertz CT molecular complexity index is 632. The molecule has 2 aromatic rings. The average molecular weight is 315 g/mol. The van der Waals surface area contributed by atoms with Gasteiger partial charge in [0.05, 0.1) is 23.5 Å². The van der Waals surface area contributed by atoms with E-state index in [0.29, 0.717) is 25.6 Å². The molecule has 1 aromatic carbocycles. The Morgan fingerprint density at radius 3 is 3.00 bits per heavy atom. The summed E-state index contributed by atoms with van der Waals surface area (Å²) >= 11 is 0. The fourth-order valence-electron chi connectivity index (χ4n) is 3.10. The van der Waals surface area contributed by atoms with Gasteiger partial charge in [0, 0.05) is 26.1 Å². The van der Waals surface area contributed by atoms with Crippen molar-refractivity contribution < 1.29 is 9.53 Å². The van der Waals surface area contributed by atoms with Crippen molar-refractivity contribution in [3.05, 3.63) is 30.6 Å². The second kappa shape index (κ2) is 8.11. The first-order valence-electron chi connectivity index (χ1n) is 8.61. The van der Waals surface area contributed by atoms with Crippen molar-refractivity contribution in [3.63, 3.8) is 0 Å². The van der Waals surface area contributed by atoms with Crippen molar-refractivity contribution in [2.75, 3.05) is 13.2 Å². The van der Waals surface area contributed by atoms with Crippen LogP contribution in [0.3, 0.4) is 0 Å². The molecule has 5 heteroatoms. The molecule has 3 rings (SSSR count). The average Bonchev–Trinajstić information content (AvgIpc) is 3.22. The lowest BCUT2D eigenvalue weighted by atomic mass is 10.3. The van der Waals surface area contributed by atoms with E-state index in [2.05, 4.69) is 10.3 Å². The van der Waals surface area contributed by atoms with Crippen LogP contribution in [-0.2, 0) is 16.1 Å². The summed E-state index contributed by atoms with van der Waals surface area (Å²) in [5.41, 5.74) is 2.04. The van der Waals surface area contributed by atoms with E-state index in [-0.39, 0.29) is 5.91 Å². The van der Waals surface area contributed by atoms with Crippen LogP contribution in [0, 0.1) is 0 Å². The van der Waals surface area contributed by atoms with Crippen LogP contribution in [0.4, 0.5) is 0 Å². The minimum Gasteiger partial charge on any atom is -0.378 e. The third kappa shape index (κ3) is 4.55. The summed E-state index contributed by atoms with van der Waals surface area (Å²) in [5, 5.41) is 2.97. The number of ether oxygens (including phenoxy) is 1. The molecule has 0 bridgehead atoms. The Balaban J connectivity index is 1.32. The lowest BCUT2D eigenvalue weighted by Crippen LogP contribution is -2.26. The zero-order chi connectivity index (χ0) is 15.9. The van der Waals surface area contributed by atoms with Gasteiger partial charge in [0.2, 0.25) is 5.91 Å². The number of carbonyl (C=O) groups excluding carboxylic acids is 1. The largest absolute Gasteiger partial charge is 0.378 e. The topological polar surface area (TPSA) is 56.2 Å². The fraction of sp³-hybridized carbons (Fsp3) is 0.556. The van der Waals surface area contributed by atoms with Gasteiger partial charge >= 0.3 is 0 Å². The van der Waals surface area contributed by atoms with Gasteiger partial charge in [-0.15, -0.1) is 0 Å². The molecule has 124 valence electrons. The van der Waals surface area contributed by atoms with Gasteiger partial charge in [-0.2, -0.15) is 0 Å². The van der Waals surface area contributed by atoms with Crippen LogP contribution in [0.15, 0.2) is 30.6 Å². The van der Waals surface area contributed by atoms with E-state index in [4.69, 9.17) is 4.74 Å². The minimum absolute atomic E-state index is 0.0867. The highest BCUT2D eigenvalue weighted by molar-refractivity contribution is 5.77. The molecule has 0 spiro atoms. The number of para-hydroxylation sites is 2. The molecule has 1 aromatic heterocycles. The van der Waals surface area contributed by atoms with Crippen molar-refractivity contribution in [1.29, 1.82) is 0 Å². The molecule has 0 atom stereocenters. The van der Waals surface area contributed by atoms with Crippen LogP contribution >= 0.6 is 0 Å². The second-order valence-electron chi connectivity index (χ2n) is 6.16. The van der Waals surface area contributed by atoms with Crippen LogP contribution in [-0.4, -0.2) is 34.7 Å². The Hall–Kier alpha value is -1.88. The van der Waals surface area contributed by atoms with Crippen LogP contribution in [0.1, 0.15) is 38.5 Å². The standard InChI is InChI=1S/C18H25N3O2/c22-18(19-11-5-13-23-15-6-1-2-7-15)10-12-21-14-20-16-8-3-4-9-17(16)21/h3-4,8-9,14-15H,1-2,5-7,10-13H2,(H,19,22). The first kappa shape index (κ1) is 16.0. The van der Waals surface area contributed by atoms with E-state index in [1.807, 2.05) is 28.8 Å². The van der Waals surface area contributed by atoms with Gasteiger partial charge in [0.1, 0.15) is 0 Å². The molecular weight excluding hydrogens is 290 g/mol. The van der Waals surface area contributed by atoms with Gasteiger partial charge in [0.15, 0.2) is 0 Å². The van der Waals surface area contributed by atoms with Gasteiger partial charge in [0.25, 0.3) is 0 Å². The Kier molecular flexibility index (Phi) is 5.64. The van der Waals surface area contributed by atoms with E-state index in [1.165, 1.54) is 25.7 Å². The summed E-state index contributed by atoms with van der Waals surface area (Å²) in [4.78, 5) is 16.2. The summed E-state index contributed by atoms with van der Waals surface area (Å²) in [6.45, 7) is 2.10. The predicted octanol–water partition coefficient (Wildman–Crippen LogP) is 2.89. The molecule has 0 unspecified atom stereocenters. The summed E-state index contributed by atoms with van der Waals surface area (Å²) in [7, 11) is 0. The number of imidazole rings is 1. The Morgan fingerprint density at radius 1 is 1.30 bits per heavy atom. The number of benzene rings is 1. The monoisotopic (exact) mass is 315 g/mol. The van der Waals surface area contributed by atoms with Crippen LogP contribution in [0.25, 0.3) is 11.0 Å². The second-order valence-corrected chi connectivity index (χ2v) is 6.16. The molecule has 5 nitrogen and oxygen atoms in total. The van der Waals surface area contributed by atoms with Crippen molar-refractivity contribution >= 4 is 16.9 Å². The number of nitrogens with one attached hydrogen (secondary N) is 1. The van der Waals surface area contributed by atoms with E-state index in [9.17, 15) is 4.79 Å². The third-order valence-electron chi connectivity index (χ3n) is 4.41. The fourth-order valence-corrected chi connectivity index (χ4v) is 3.10. The molecule has 1 saturated carbocycles. The van der Waals surface area contributed by atoms with E-state index < -0.39 is 0 Å². The van der Waals surface area contributed by atoms with Gasteiger partial charge in [-0.25, -0.2) is 4.98 Å². The van der Waals surface area contributed by atoms with E-state index in [0.717, 1.165) is 24.1 Å². The highest BCUT2D eigenvalue weighted by Crippen LogP contribution is 2.20. The lowest BCUT2D eigenvalue weighted by Gasteiger charge is -2.11. The number of aryl methyl sites for hydroxylation is 1. The molecule has 1 heterocycles. The molecule has 1 fully saturated rings. The number of aromatic nitrogens is 2. The zero-order valence-corrected chi connectivity index (χ0v) is 13.5. The number of fused-ring (bicyclic) bond motifs is 1. The molecular formula is C18H25N3O2. The molecule has 1 amide bonds. The predicted molar refractivity (Wildman–Crippen MR) is 90.2 cm³/mol. The lowest BCUT2D eigenvalue weighted by molar-refractivity contribution is -0.121. The summed E-state index contributed by atoms with van der Waals surface area (Å²) in [6, 6.07) is 7.97. The maximum absolute atomic E-state index is 11.9. The number of carbonyl (C=O) groups is 1. The SMILES string of the molecule is O=C(CCn1cnc2ccccc21)NCCCOC1CCCC1. The Labute approximate surface area is 137 Å².